The average molecular weight is 540 g/mol. The van der Waals surface area contributed by atoms with E-state index in [0.29, 0.717) is 0 Å². The quantitative estimate of drug-likeness (QED) is 0.409. The van der Waals surface area contributed by atoms with Crippen LogP contribution < -0.4 is 9.62 Å². The van der Waals surface area contributed by atoms with Crippen molar-refractivity contribution in [3.05, 3.63) is 95.3 Å². The standard InChI is InChI=1S/C29H34FN3O4S/c1-20(2)31-29(35)23(5)32(18-24-9-7-6-8-22(24)4)28(34)19-33(26-14-12-25(30)13-15-26)38(36,37)27-16-10-21(3)11-17-27/h6-17,20,23H,18-19H2,1-5H3,(H,31,35). The number of carbonyl (C=O) groups excluding carboxylic acids is 2. The fraction of sp³-hybridized carbons (Fsp3) is 0.310. The molecule has 0 fully saturated rings. The van der Waals surface area contributed by atoms with Gasteiger partial charge in [-0.3, -0.25) is 13.9 Å². The number of nitrogens with zero attached hydrogens (tertiary/aromatic N) is 2. The zero-order chi connectivity index (χ0) is 28.0. The molecule has 0 aliphatic rings. The zero-order valence-electron chi connectivity index (χ0n) is 22.3. The van der Waals surface area contributed by atoms with Crippen molar-refractivity contribution in [1.82, 2.24) is 10.2 Å². The maximum atomic E-state index is 13.8. The van der Waals surface area contributed by atoms with Crippen LogP contribution in [0.1, 0.15) is 37.5 Å². The molecule has 3 aromatic rings. The van der Waals surface area contributed by atoms with Gasteiger partial charge in [0, 0.05) is 12.6 Å². The van der Waals surface area contributed by atoms with Crippen LogP contribution in [-0.4, -0.2) is 43.8 Å². The van der Waals surface area contributed by atoms with Crippen molar-refractivity contribution in [1.29, 1.82) is 0 Å². The molecule has 3 aromatic carbocycles. The molecule has 0 spiro atoms. The number of aryl methyl sites for hydroxylation is 2. The van der Waals surface area contributed by atoms with E-state index >= 15 is 0 Å². The number of amides is 2. The van der Waals surface area contributed by atoms with Crippen LogP contribution in [0.4, 0.5) is 10.1 Å². The molecule has 0 heterocycles. The first-order chi connectivity index (χ1) is 17.9. The Morgan fingerprint density at radius 2 is 1.50 bits per heavy atom. The molecule has 38 heavy (non-hydrogen) atoms. The lowest BCUT2D eigenvalue weighted by molar-refractivity contribution is -0.139. The van der Waals surface area contributed by atoms with Gasteiger partial charge in [-0.25, -0.2) is 12.8 Å². The van der Waals surface area contributed by atoms with E-state index in [4.69, 9.17) is 0 Å². The summed E-state index contributed by atoms with van der Waals surface area (Å²) in [5, 5.41) is 2.82. The summed E-state index contributed by atoms with van der Waals surface area (Å²) >= 11 is 0. The molecule has 3 rings (SSSR count). The van der Waals surface area contributed by atoms with Crippen LogP contribution in [0.25, 0.3) is 0 Å². The fourth-order valence-corrected chi connectivity index (χ4v) is 5.35. The van der Waals surface area contributed by atoms with Gasteiger partial charge in [0.2, 0.25) is 11.8 Å². The number of sulfonamides is 1. The molecular formula is C29H34FN3O4S. The van der Waals surface area contributed by atoms with Crippen LogP contribution in [0.2, 0.25) is 0 Å². The summed E-state index contributed by atoms with van der Waals surface area (Å²) in [6.45, 7) is 8.54. The number of hydrogen-bond donors (Lipinski definition) is 1. The zero-order valence-corrected chi connectivity index (χ0v) is 23.1. The Hall–Kier alpha value is -3.72. The molecule has 7 nitrogen and oxygen atoms in total. The second kappa shape index (κ2) is 12.2. The van der Waals surface area contributed by atoms with Crippen molar-refractivity contribution >= 4 is 27.5 Å². The second-order valence-electron chi connectivity index (χ2n) is 9.59. The van der Waals surface area contributed by atoms with Crippen molar-refractivity contribution < 1.29 is 22.4 Å². The molecule has 0 saturated heterocycles. The Balaban J connectivity index is 2.03. The third-order valence-electron chi connectivity index (χ3n) is 6.20. The van der Waals surface area contributed by atoms with Gasteiger partial charge < -0.3 is 10.2 Å². The van der Waals surface area contributed by atoms with Gasteiger partial charge in [-0.1, -0.05) is 42.0 Å². The van der Waals surface area contributed by atoms with Gasteiger partial charge in [-0.15, -0.1) is 0 Å². The maximum absolute atomic E-state index is 13.8. The largest absolute Gasteiger partial charge is 0.352 e. The van der Waals surface area contributed by atoms with Crippen LogP contribution >= 0.6 is 0 Å². The summed E-state index contributed by atoms with van der Waals surface area (Å²) in [7, 11) is -4.20. The number of benzene rings is 3. The van der Waals surface area contributed by atoms with Gasteiger partial charge in [0.25, 0.3) is 10.0 Å². The maximum Gasteiger partial charge on any atom is 0.264 e. The van der Waals surface area contributed by atoms with E-state index in [9.17, 15) is 22.4 Å². The smallest absolute Gasteiger partial charge is 0.264 e. The molecule has 0 aliphatic heterocycles. The minimum Gasteiger partial charge on any atom is -0.352 e. The molecule has 2 amide bonds. The third-order valence-corrected chi connectivity index (χ3v) is 7.99. The van der Waals surface area contributed by atoms with Gasteiger partial charge in [0.1, 0.15) is 18.4 Å². The predicted octanol–water partition coefficient (Wildman–Crippen LogP) is 4.58. The van der Waals surface area contributed by atoms with Crippen LogP contribution in [0.3, 0.4) is 0 Å². The fourth-order valence-electron chi connectivity index (χ4n) is 3.93. The van der Waals surface area contributed by atoms with Crippen molar-refractivity contribution in [2.45, 2.75) is 58.1 Å². The van der Waals surface area contributed by atoms with Crippen LogP contribution in [0, 0.1) is 19.7 Å². The molecule has 0 saturated carbocycles. The highest BCUT2D eigenvalue weighted by molar-refractivity contribution is 7.92. The number of nitrogens with one attached hydrogen (secondary N) is 1. The molecule has 1 unspecified atom stereocenters. The lowest BCUT2D eigenvalue weighted by Gasteiger charge is -2.32. The minimum absolute atomic E-state index is 0.00345. The van der Waals surface area contributed by atoms with Crippen molar-refractivity contribution in [3.8, 4) is 0 Å². The Bertz CT molecular complexity index is 1370. The third kappa shape index (κ3) is 6.98. The minimum atomic E-state index is -4.20. The first kappa shape index (κ1) is 28.8. The topological polar surface area (TPSA) is 86.8 Å². The number of carbonyl (C=O) groups is 2. The van der Waals surface area contributed by atoms with E-state index in [1.165, 1.54) is 29.2 Å². The molecule has 0 aliphatic carbocycles. The summed E-state index contributed by atoms with van der Waals surface area (Å²) in [5.74, 6) is -1.45. The average Bonchev–Trinajstić information content (AvgIpc) is 2.86. The number of hydrogen-bond acceptors (Lipinski definition) is 4. The lowest BCUT2D eigenvalue weighted by Crippen LogP contribution is -2.52. The Morgan fingerprint density at radius 3 is 2.08 bits per heavy atom. The van der Waals surface area contributed by atoms with Crippen molar-refractivity contribution in [3.63, 3.8) is 0 Å². The van der Waals surface area contributed by atoms with Gasteiger partial charge in [-0.2, -0.15) is 0 Å². The normalized spacial score (nSPS) is 12.2. The summed E-state index contributed by atoms with van der Waals surface area (Å²) in [6, 6.07) is 17.7. The Morgan fingerprint density at radius 1 is 0.895 bits per heavy atom. The lowest BCUT2D eigenvalue weighted by atomic mass is 10.1. The first-order valence-electron chi connectivity index (χ1n) is 12.4. The van der Waals surface area contributed by atoms with E-state index < -0.39 is 34.3 Å². The SMILES string of the molecule is Cc1ccc(S(=O)(=O)N(CC(=O)N(Cc2ccccc2C)C(C)C(=O)NC(C)C)c2ccc(F)cc2)cc1. The van der Waals surface area contributed by atoms with E-state index in [-0.39, 0.29) is 29.1 Å². The second-order valence-corrected chi connectivity index (χ2v) is 11.5. The van der Waals surface area contributed by atoms with Crippen molar-refractivity contribution in [2.75, 3.05) is 10.8 Å². The number of anilines is 1. The Kier molecular flexibility index (Phi) is 9.27. The van der Waals surface area contributed by atoms with E-state index in [2.05, 4.69) is 5.32 Å². The summed E-state index contributed by atoms with van der Waals surface area (Å²) in [6.07, 6.45) is 0. The highest BCUT2D eigenvalue weighted by atomic mass is 32.2. The van der Waals surface area contributed by atoms with Gasteiger partial charge in [0.05, 0.1) is 10.6 Å². The Labute approximate surface area is 224 Å². The molecular weight excluding hydrogens is 505 g/mol. The molecule has 1 N–H and O–H groups in total. The summed E-state index contributed by atoms with van der Waals surface area (Å²) < 4.78 is 42.1. The molecule has 0 aromatic heterocycles. The predicted molar refractivity (Wildman–Crippen MR) is 147 cm³/mol. The van der Waals surface area contributed by atoms with Crippen LogP contribution in [-0.2, 0) is 26.2 Å². The molecule has 9 heteroatoms. The molecule has 0 radical (unpaired) electrons. The number of halogens is 1. The molecule has 0 bridgehead atoms. The van der Waals surface area contributed by atoms with E-state index in [0.717, 1.165) is 33.1 Å². The summed E-state index contributed by atoms with van der Waals surface area (Å²) in [4.78, 5) is 28.2. The molecule has 1 atom stereocenters. The van der Waals surface area contributed by atoms with E-state index in [1.54, 1.807) is 19.1 Å². The van der Waals surface area contributed by atoms with E-state index in [1.807, 2.05) is 52.0 Å². The van der Waals surface area contributed by atoms with Crippen LogP contribution in [0.5, 0.6) is 0 Å². The summed E-state index contributed by atoms with van der Waals surface area (Å²) in [5.41, 5.74) is 2.78. The van der Waals surface area contributed by atoms with Gasteiger partial charge in [0.15, 0.2) is 0 Å². The van der Waals surface area contributed by atoms with Gasteiger partial charge >= 0.3 is 0 Å². The number of rotatable bonds is 10. The highest BCUT2D eigenvalue weighted by Gasteiger charge is 2.32. The van der Waals surface area contributed by atoms with Crippen LogP contribution in [0.15, 0.2) is 77.7 Å². The first-order valence-corrected chi connectivity index (χ1v) is 13.8. The highest BCUT2D eigenvalue weighted by Crippen LogP contribution is 2.25. The monoisotopic (exact) mass is 539 g/mol. The van der Waals surface area contributed by atoms with Gasteiger partial charge in [-0.05, 0) is 82.1 Å². The molecule has 202 valence electrons. The van der Waals surface area contributed by atoms with Crippen molar-refractivity contribution in [2.24, 2.45) is 0 Å².